The maximum absolute atomic E-state index is 12.8. The van der Waals surface area contributed by atoms with E-state index in [0.717, 1.165) is 12.1 Å². The fraction of sp³-hybridized carbons (Fsp3) is 0.538. The van der Waals surface area contributed by atoms with E-state index in [1.807, 2.05) is 27.7 Å². The van der Waals surface area contributed by atoms with Gasteiger partial charge in [-0.3, -0.25) is 0 Å². The van der Waals surface area contributed by atoms with Crippen LogP contribution in [0.5, 0.6) is 0 Å². The van der Waals surface area contributed by atoms with Gasteiger partial charge < -0.3 is 0 Å². The lowest BCUT2D eigenvalue weighted by Crippen LogP contribution is -2.42. The third kappa shape index (κ3) is 3.78. The molecular formula is C13H20FNO2S. The van der Waals surface area contributed by atoms with Crippen molar-refractivity contribution in [3.05, 3.63) is 30.1 Å². The second kappa shape index (κ2) is 5.80. The van der Waals surface area contributed by atoms with E-state index in [-0.39, 0.29) is 22.8 Å². The first kappa shape index (κ1) is 15.1. The zero-order chi connectivity index (χ0) is 13.9. The lowest BCUT2D eigenvalue weighted by atomic mass is 9.94. The highest BCUT2D eigenvalue weighted by Gasteiger charge is 2.24. The molecule has 0 bridgehead atoms. The molecule has 1 N–H and O–H groups in total. The van der Waals surface area contributed by atoms with Crippen molar-refractivity contribution in [1.82, 2.24) is 4.72 Å². The fourth-order valence-electron chi connectivity index (χ4n) is 1.90. The van der Waals surface area contributed by atoms with Gasteiger partial charge in [-0.1, -0.05) is 27.7 Å². The molecule has 5 heteroatoms. The molecular weight excluding hydrogens is 253 g/mol. The monoisotopic (exact) mass is 273 g/mol. The molecule has 1 aromatic carbocycles. The summed E-state index contributed by atoms with van der Waals surface area (Å²) in [4.78, 5) is 0.0928. The molecule has 0 unspecified atom stereocenters. The number of halogens is 1. The van der Waals surface area contributed by atoms with E-state index in [0.29, 0.717) is 0 Å². The maximum atomic E-state index is 12.8. The zero-order valence-electron chi connectivity index (χ0n) is 11.1. The molecule has 0 atom stereocenters. The standard InChI is InChI=1S/C13H20FNO2S/c1-9(2)13(10(3)4)15-18(16,17)12-7-5-11(14)6-8-12/h5-10,13,15H,1-4H3. The van der Waals surface area contributed by atoms with Gasteiger partial charge in [0, 0.05) is 6.04 Å². The minimum absolute atomic E-state index is 0.0928. The molecule has 0 heterocycles. The average Bonchev–Trinajstić information content (AvgIpc) is 2.26. The Morgan fingerprint density at radius 3 is 1.83 bits per heavy atom. The number of rotatable bonds is 5. The fourth-order valence-corrected chi connectivity index (χ4v) is 3.44. The Morgan fingerprint density at radius 2 is 1.44 bits per heavy atom. The summed E-state index contributed by atoms with van der Waals surface area (Å²) in [5, 5.41) is 0. The third-order valence-electron chi connectivity index (χ3n) is 2.85. The van der Waals surface area contributed by atoms with Crippen molar-refractivity contribution < 1.29 is 12.8 Å². The molecule has 1 aromatic rings. The normalized spacial score (nSPS) is 12.7. The summed E-state index contributed by atoms with van der Waals surface area (Å²) < 4.78 is 39.7. The van der Waals surface area contributed by atoms with Gasteiger partial charge in [0.05, 0.1) is 4.90 Å². The van der Waals surface area contributed by atoms with Crippen LogP contribution in [-0.2, 0) is 10.0 Å². The molecule has 102 valence electrons. The number of hydrogen-bond donors (Lipinski definition) is 1. The molecule has 1 rings (SSSR count). The Labute approximate surface area is 108 Å². The largest absolute Gasteiger partial charge is 0.240 e. The lowest BCUT2D eigenvalue weighted by Gasteiger charge is -2.25. The van der Waals surface area contributed by atoms with Gasteiger partial charge in [0.15, 0.2) is 0 Å². The molecule has 18 heavy (non-hydrogen) atoms. The Kier molecular flexibility index (Phi) is 4.87. The molecule has 0 saturated carbocycles. The summed E-state index contributed by atoms with van der Waals surface area (Å²) in [6.07, 6.45) is 0. The molecule has 0 aromatic heterocycles. The number of nitrogens with one attached hydrogen (secondary N) is 1. The Bertz CT molecular complexity index is 472. The third-order valence-corrected chi connectivity index (χ3v) is 4.33. The molecule has 0 radical (unpaired) electrons. The van der Waals surface area contributed by atoms with Crippen LogP contribution in [0.25, 0.3) is 0 Å². The van der Waals surface area contributed by atoms with Crippen molar-refractivity contribution in [3.8, 4) is 0 Å². The predicted molar refractivity (Wildman–Crippen MR) is 70.2 cm³/mol. The van der Waals surface area contributed by atoms with Crippen LogP contribution < -0.4 is 4.72 Å². The molecule has 3 nitrogen and oxygen atoms in total. The predicted octanol–water partition coefficient (Wildman–Crippen LogP) is 2.78. The van der Waals surface area contributed by atoms with Gasteiger partial charge in [-0.05, 0) is 36.1 Å². The molecule has 0 aliphatic heterocycles. The van der Waals surface area contributed by atoms with Crippen LogP contribution in [0.15, 0.2) is 29.2 Å². The van der Waals surface area contributed by atoms with Crippen LogP contribution in [0.1, 0.15) is 27.7 Å². The van der Waals surface area contributed by atoms with Crippen molar-refractivity contribution in [3.63, 3.8) is 0 Å². The summed E-state index contributed by atoms with van der Waals surface area (Å²) in [7, 11) is -3.58. The highest BCUT2D eigenvalue weighted by molar-refractivity contribution is 7.89. The highest BCUT2D eigenvalue weighted by atomic mass is 32.2. The minimum atomic E-state index is -3.58. The SMILES string of the molecule is CC(C)C(NS(=O)(=O)c1ccc(F)cc1)C(C)C. The van der Waals surface area contributed by atoms with Crippen molar-refractivity contribution in [2.45, 2.75) is 38.6 Å². The quantitative estimate of drug-likeness (QED) is 0.896. The minimum Gasteiger partial charge on any atom is -0.208 e. The van der Waals surface area contributed by atoms with Gasteiger partial charge in [0.25, 0.3) is 0 Å². The van der Waals surface area contributed by atoms with Crippen LogP contribution >= 0.6 is 0 Å². The average molecular weight is 273 g/mol. The van der Waals surface area contributed by atoms with Crippen molar-refractivity contribution >= 4 is 10.0 Å². The van der Waals surface area contributed by atoms with Crippen molar-refractivity contribution in [2.24, 2.45) is 11.8 Å². The van der Waals surface area contributed by atoms with Gasteiger partial charge in [-0.25, -0.2) is 17.5 Å². The van der Waals surface area contributed by atoms with E-state index >= 15 is 0 Å². The van der Waals surface area contributed by atoms with Crippen LogP contribution in [0.2, 0.25) is 0 Å². The first-order valence-electron chi connectivity index (χ1n) is 6.02. The number of sulfonamides is 1. The van der Waals surface area contributed by atoms with Crippen molar-refractivity contribution in [2.75, 3.05) is 0 Å². The molecule has 0 amide bonds. The van der Waals surface area contributed by atoms with E-state index in [1.165, 1.54) is 12.1 Å². The smallest absolute Gasteiger partial charge is 0.208 e. The van der Waals surface area contributed by atoms with Crippen molar-refractivity contribution in [1.29, 1.82) is 0 Å². The zero-order valence-corrected chi connectivity index (χ0v) is 12.0. The topological polar surface area (TPSA) is 46.2 Å². The van der Waals surface area contributed by atoms with Gasteiger partial charge in [0.1, 0.15) is 5.82 Å². The van der Waals surface area contributed by atoms with E-state index in [4.69, 9.17) is 0 Å². The number of benzene rings is 1. The van der Waals surface area contributed by atoms with Gasteiger partial charge in [-0.2, -0.15) is 0 Å². The summed E-state index contributed by atoms with van der Waals surface area (Å²) in [6.45, 7) is 7.88. The second-order valence-corrected chi connectivity index (χ2v) is 6.80. The van der Waals surface area contributed by atoms with E-state index in [1.54, 1.807) is 0 Å². The van der Waals surface area contributed by atoms with Crippen LogP contribution in [0, 0.1) is 17.7 Å². The second-order valence-electron chi connectivity index (χ2n) is 5.09. The lowest BCUT2D eigenvalue weighted by molar-refractivity contribution is 0.355. The van der Waals surface area contributed by atoms with E-state index in [9.17, 15) is 12.8 Å². The van der Waals surface area contributed by atoms with E-state index in [2.05, 4.69) is 4.72 Å². The summed E-state index contributed by atoms with van der Waals surface area (Å²) in [5.41, 5.74) is 0. The summed E-state index contributed by atoms with van der Waals surface area (Å²) in [5.74, 6) is -0.0568. The first-order valence-corrected chi connectivity index (χ1v) is 7.50. The summed E-state index contributed by atoms with van der Waals surface area (Å²) >= 11 is 0. The Hall–Kier alpha value is -0.940. The molecule has 0 spiro atoms. The van der Waals surface area contributed by atoms with Gasteiger partial charge in [0.2, 0.25) is 10.0 Å². The highest BCUT2D eigenvalue weighted by Crippen LogP contribution is 2.17. The summed E-state index contributed by atoms with van der Waals surface area (Å²) in [6, 6.07) is 4.70. The van der Waals surface area contributed by atoms with Crippen LogP contribution in [0.3, 0.4) is 0 Å². The molecule has 0 aliphatic rings. The molecule has 0 fully saturated rings. The Balaban J connectivity index is 2.97. The van der Waals surface area contributed by atoms with Gasteiger partial charge in [-0.15, -0.1) is 0 Å². The Morgan fingerprint density at radius 1 is 1.00 bits per heavy atom. The van der Waals surface area contributed by atoms with Crippen LogP contribution in [0.4, 0.5) is 4.39 Å². The molecule has 0 aliphatic carbocycles. The van der Waals surface area contributed by atoms with E-state index < -0.39 is 15.8 Å². The van der Waals surface area contributed by atoms with Gasteiger partial charge >= 0.3 is 0 Å². The number of hydrogen-bond acceptors (Lipinski definition) is 2. The van der Waals surface area contributed by atoms with Crippen LogP contribution in [-0.4, -0.2) is 14.5 Å². The molecule has 0 saturated heterocycles. The maximum Gasteiger partial charge on any atom is 0.240 e. The first-order chi connectivity index (χ1) is 8.24.